The van der Waals surface area contributed by atoms with Crippen molar-refractivity contribution in [1.29, 1.82) is 0 Å². The van der Waals surface area contributed by atoms with Crippen molar-refractivity contribution in [3.05, 3.63) is 59.7 Å². The molecule has 186 valence electrons. The first-order chi connectivity index (χ1) is 17.0. The van der Waals surface area contributed by atoms with E-state index in [0.717, 1.165) is 47.9 Å². The Kier molecular flexibility index (Phi) is 8.06. The molecular weight excluding hydrogens is 444 g/mol. The van der Waals surface area contributed by atoms with Crippen LogP contribution in [0, 0.1) is 5.92 Å². The Labute approximate surface area is 206 Å². The summed E-state index contributed by atoms with van der Waals surface area (Å²) >= 11 is 0. The Balaban J connectivity index is 1.38. The first-order valence-electron chi connectivity index (χ1n) is 12.6. The zero-order chi connectivity index (χ0) is 24.8. The third-order valence-corrected chi connectivity index (χ3v) is 6.89. The number of ether oxygens (including phenoxy) is 1. The van der Waals surface area contributed by atoms with Gasteiger partial charge in [-0.3, -0.25) is 9.59 Å². The molecule has 0 heterocycles. The minimum absolute atomic E-state index is 0.0575. The van der Waals surface area contributed by atoms with Crippen LogP contribution in [-0.4, -0.2) is 41.8 Å². The summed E-state index contributed by atoms with van der Waals surface area (Å²) in [5.74, 6) is -0.951. The number of carboxylic acids is 1. The van der Waals surface area contributed by atoms with E-state index in [1.165, 1.54) is 0 Å². The zero-order valence-electron chi connectivity index (χ0n) is 20.2. The fourth-order valence-corrected chi connectivity index (χ4v) is 4.89. The molecule has 0 aromatic heterocycles. The average Bonchev–Trinajstić information content (AvgIpc) is 3.61. The van der Waals surface area contributed by atoms with Crippen LogP contribution in [0.2, 0.25) is 0 Å². The van der Waals surface area contributed by atoms with Gasteiger partial charge >= 0.3 is 12.1 Å². The van der Waals surface area contributed by atoms with Gasteiger partial charge in [-0.2, -0.15) is 0 Å². The first-order valence-corrected chi connectivity index (χ1v) is 12.6. The van der Waals surface area contributed by atoms with E-state index >= 15 is 0 Å². The topological polar surface area (TPSA) is 105 Å². The second-order valence-corrected chi connectivity index (χ2v) is 9.65. The van der Waals surface area contributed by atoms with Gasteiger partial charge in [0.05, 0.1) is 6.42 Å². The SMILES string of the molecule is CCCCC(CC(=O)O)NC(=O)C(CC1CC1)NC(=O)OCC1c2ccccc2-c2ccccc21. The van der Waals surface area contributed by atoms with Crippen molar-refractivity contribution >= 4 is 18.0 Å². The van der Waals surface area contributed by atoms with E-state index in [-0.39, 0.29) is 24.9 Å². The second-order valence-electron chi connectivity index (χ2n) is 9.65. The molecule has 7 heteroatoms. The minimum Gasteiger partial charge on any atom is -0.481 e. The van der Waals surface area contributed by atoms with Crippen LogP contribution < -0.4 is 10.6 Å². The summed E-state index contributed by atoms with van der Waals surface area (Å²) in [6, 6.07) is 15.1. The molecule has 1 saturated carbocycles. The van der Waals surface area contributed by atoms with Gasteiger partial charge in [-0.15, -0.1) is 0 Å². The van der Waals surface area contributed by atoms with Crippen LogP contribution in [0.4, 0.5) is 4.79 Å². The number of benzene rings is 2. The van der Waals surface area contributed by atoms with Crippen molar-refractivity contribution < 1.29 is 24.2 Å². The summed E-state index contributed by atoms with van der Waals surface area (Å²) in [5.41, 5.74) is 4.56. The lowest BCUT2D eigenvalue weighted by Crippen LogP contribution is -2.50. The molecule has 0 aliphatic heterocycles. The smallest absolute Gasteiger partial charge is 0.407 e. The lowest BCUT2D eigenvalue weighted by Gasteiger charge is -2.23. The molecule has 0 spiro atoms. The molecule has 0 bridgehead atoms. The first kappa shape index (κ1) is 24.8. The molecule has 2 aliphatic rings. The van der Waals surface area contributed by atoms with Gasteiger partial charge in [0.25, 0.3) is 0 Å². The van der Waals surface area contributed by atoms with Crippen LogP contribution in [0.3, 0.4) is 0 Å². The third kappa shape index (κ3) is 6.41. The van der Waals surface area contributed by atoms with Gasteiger partial charge in [0.2, 0.25) is 5.91 Å². The number of carbonyl (C=O) groups is 3. The van der Waals surface area contributed by atoms with Crippen LogP contribution in [0.15, 0.2) is 48.5 Å². The molecule has 2 amide bonds. The highest BCUT2D eigenvalue weighted by Crippen LogP contribution is 2.44. The van der Waals surface area contributed by atoms with Crippen molar-refractivity contribution in [1.82, 2.24) is 10.6 Å². The molecule has 2 aromatic carbocycles. The van der Waals surface area contributed by atoms with Gasteiger partial charge in [-0.25, -0.2) is 4.79 Å². The molecule has 35 heavy (non-hydrogen) atoms. The largest absolute Gasteiger partial charge is 0.481 e. The highest BCUT2D eigenvalue weighted by atomic mass is 16.5. The molecule has 4 rings (SSSR count). The number of amides is 2. The number of aliphatic carboxylic acids is 1. The number of carboxylic acid groups (broad SMARTS) is 1. The van der Waals surface area contributed by atoms with Crippen LogP contribution >= 0.6 is 0 Å². The van der Waals surface area contributed by atoms with E-state index in [1.54, 1.807) is 0 Å². The Morgan fingerprint density at radius 1 is 1.00 bits per heavy atom. The number of rotatable bonds is 12. The molecule has 0 saturated heterocycles. The van der Waals surface area contributed by atoms with Gasteiger partial charge in [0.1, 0.15) is 12.6 Å². The standard InChI is InChI=1S/C28H34N2O5/c1-2-3-8-19(16-26(31)32)29-27(33)25(15-18-13-14-18)30-28(34)35-17-24-22-11-6-4-9-20(22)21-10-5-7-12-23(21)24/h4-7,9-12,18-19,24-25H,2-3,8,13-17H2,1H3,(H,29,33)(H,30,34)(H,31,32). The number of hydrogen-bond donors (Lipinski definition) is 3. The van der Waals surface area contributed by atoms with Crippen LogP contribution in [0.1, 0.15) is 68.9 Å². The molecule has 7 nitrogen and oxygen atoms in total. The van der Waals surface area contributed by atoms with Gasteiger partial charge in [0, 0.05) is 12.0 Å². The number of alkyl carbamates (subject to hydrolysis) is 1. The highest BCUT2D eigenvalue weighted by Gasteiger charge is 2.33. The monoisotopic (exact) mass is 478 g/mol. The molecule has 2 aliphatic carbocycles. The van der Waals surface area contributed by atoms with Gasteiger partial charge in [-0.1, -0.05) is 81.1 Å². The van der Waals surface area contributed by atoms with E-state index in [9.17, 15) is 19.5 Å². The third-order valence-electron chi connectivity index (χ3n) is 6.89. The normalized spacial score (nSPS) is 16.0. The molecule has 2 unspecified atom stereocenters. The maximum Gasteiger partial charge on any atom is 0.407 e. The van der Waals surface area contributed by atoms with Crippen molar-refractivity contribution in [3.8, 4) is 11.1 Å². The number of unbranched alkanes of at least 4 members (excludes halogenated alkanes) is 1. The van der Waals surface area contributed by atoms with Crippen LogP contribution in [0.25, 0.3) is 11.1 Å². The Bertz CT molecular complexity index is 1020. The molecule has 3 N–H and O–H groups in total. The summed E-state index contributed by atoms with van der Waals surface area (Å²) in [6.07, 6.45) is 4.16. The molecular formula is C28H34N2O5. The van der Waals surface area contributed by atoms with E-state index in [4.69, 9.17) is 4.74 Å². The van der Waals surface area contributed by atoms with Crippen molar-refractivity contribution in [2.45, 2.75) is 69.9 Å². The predicted octanol–water partition coefficient (Wildman–Crippen LogP) is 4.84. The summed E-state index contributed by atoms with van der Waals surface area (Å²) in [6.45, 7) is 2.20. The van der Waals surface area contributed by atoms with Crippen molar-refractivity contribution in [2.24, 2.45) is 5.92 Å². The van der Waals surface area contributed by atoms with E-state index in [1.807, 2.05) is 31.2 Å². The molecule has 2 atom stereocenters. The summed E-state index contributed by atoms with van der Waals surface area (Å²) in [7, 11) is 0. The number of fused-ring (bicyclic) bond motifs is 3. The number of carbonyl (C=O) groups excluding carboxylic acids is 2. The van der Waals surface area contributed by atoms with Gasteiger partial charge in [0.15, 0.2) is 0 Å². The van der Waals surface area contributed by atoms with Gasteiger partial charge < -0.3 is 20.5 Å². The predicted molar refractivity (Wildman–Crippen MR) is 133 cm³/mol. The molecule has 2 aromatic rings. The van der Waals surface area contributed by atoms with E-state index in [2.05, 4.69) is 34.9 Å². The van der Waals surface area contributed by atoms with Crippen molar-refractivity contribution in [2.75, 3.05) is 6.61 Å². The highest BCUT2D eigenvalue weighted by molar-refractivity contribution is 5.86. The zero-order valence-corrected chi connectivity index (χ0v) is 20.2. The molecule has 1 fully saturated rings. The summed E-state index contributed by atoms with van der Waals surface area (Å²) < 4.78 is 5.63. The van der Waals surface area contributed by atoms with Gasteiger partial charge in [-0.05, 0) is 41.0 Å². The summed E-state index contributed by atoms with van der Waals surface area (Å²) in [4.78, 5) is 37.0. The fourth-order valence-electron chi connectivity index (χ4n) is 4.89. The lowest BCUT2D eigenvalue weighted by atomic mass is 9.98. The van der Waals surface area contributed by atoms with Crippen LogP contribution in [0.5, 0.6) is 0 Å². The van der Waals surface area contributed by atoms with Crippen molar-refractivity contribution in [3.63, 3.8) is 0 Å². The quantitative estimate of drug-likeness (QED) is 0.405. The average molecular weight is 479 g/mol. The Morgan fingerprint density at radius 3 is 2.20 bits per heavy atom. The Hall–Kier alpha value is -3.35. The summed E-state index contributed by atoms with van der Waals surface area (Å²) in [5, 5.41) is 14.8. The maximum atomic E-state index is 13.0. The van der Waals surface area contributed by atoms with Crippen LogP contribution in [-0.2, 0) is 14.3 Å². The second kappa shape index (κ2) is 11.4. The van der Waals surface area contributed by atoms with E-state index in [0.29, 0.717) is 18.8 Å². The number of hydrogen-bond acceptors (Lipinski definition) is 4. The lowest BCUT2D eigenvalue weighted by molar-refractivity contribution is -0.137. The minimum atomic E-state index is -0.949. The molecule has 0 radical (unpaired) electrons. The van der Waals surface area contributed by atoms with E-state index < -0.39 is 24.1 Å². The maximum absolute atomic E-state index is 13.0. The number of nitrogens with one attached hydrogen (secondary N) is 2. The fraction of sp³-hybridized carbons (Fsp3) is 0.464. The Morgan fingerprint density at radius 2 is 1.63 bits per heavy atom.